The van der Waals surface area contributed by atoms with E-state index < -0.39 is 0 Å². The van der Waals surface area contributed by atoms with Crippen molar-refractivity contribution >= 4 is 26.9 Å². The summed E-state index contributed by atoms with van der Waals surface area (Å²) in [6, 6.07) is 3.85. The highest BCUT2D eigenvalue weighted by atomic mass is 79.9. The summed E-state index contributed by atoms with van der Waals surface area (Å²) in [5, 5.41) is 1.06. The van der Waals surface area contributed by atoms with Crippen molar-refractivity contribution in [3.8, 4) is 5.75 Å². The number of benzene rings is 1. The average molecular weight is 270 g/mol. The van der Waals surface area contributed by atoms with Crippen LogP contribution >= 0.6 is 15.9 Å². The van der Waals surface area contributed by atoms with Gasteiger partial charge in [0.25, 0.3) is 0 Å². The normalized spacial score (nSPS) is 10.9. The molecule has 2 aromatic rings. The Morgan fingerprint density at radius 1 is 1.53 bits per heavy atom. The van der Waals surface area contributed by atoms with Crippen molar-refractivity contribution in [3.05, 3.63) is 28.4 Å². The third-order valence-electron chi connectivity index (χ3n) is 2.38. The Morgan fingerprint density at radius 2 is 2.33 bits per heavy atom. The lowest BCUT2D eigenvalue weighted by Gasteiger charge is -2.09. The summed E-state index contributed by atoms with van der Waals surface area (Å²) < 4.78 is 11.6. The van der Waals surface area contributed by atoms with E-state index in [0.717, 1.165) is 33.2 Å². The topological polar surface area (TPSA) is 48.4 Å². The zero-order valence-corrected chi connectivity index (χ0v) is 10.0. The van der Waals surface area contributed by atoms with E-state index in [2.05, 4.69) is 15.9 Å². The monoisotopic (exact) mass is 269 g/mol. The quantitative estimate of drug-likeness (QED) is 0.932. The van der Waals surface area contributed by atoms with Crippen LogP contribution in [0.5, 0.6) is 5.75 Å². The molecule has 1 aromatic heterocycles. The molecule has 2 rings (SSSR count). The molecule has 4 heteroatoms. The molecule has 0 saturated heterocycles. The largest absolute Gasteiger partial charge is 0.496 e. The maximum atomic E-state index is 5.58. The maximum Gasteiger partial charge on any atom is 0.148 e. The third kappa shape index (κ3) is 1.75. The van der Waals surface area contributed by atoms with Crippen molar-refractivity contribution in [2.45, 2.75) is 6.42 Å². The Bertz CT molecular complexity index is 479. The number of furan rings is 1. The molecule has 0 radical (unpaired) electrons. The van der Waals surface area contributed by atoms with Crippen LogP contribution in [0, 0.1) is 0 Å². The predicted octanol–water partition coefficient (Wildman–Crippen LogP) is 2.71. The van der Waals surface area contributed by atoms with Gasteiger partial charge in [-0.2, -0.15) is 0 Å². The standard InChI is InChI=1S/C11H12BrNO2/c1-14-10-6-9(12)11-8(3-5-15-11)7(10)2-4-13/h3,5-6H,2,4,13H2,1H3. The van der Waals surface area contributed by atoms with E-state index in [-0.39, 0.29) is 0 Å². The Balaban J connectivity index is 2.71. The van der Waals surface area contributed by atoms with Gasteiger partial charge in [-0.1, -0.05) is 0 Å². The molecule has 2 N–H and O–H groups in total. The summed E-state index contributed by atoms with van der Waals surface area (Å²) in [5.41, 5.74) is 7.53. The van der Waals surface area contributed by atoms with Gasteiger partial charge in [-0.3, -0.25) is 0 Å². The molecule has 1 aromatic carbocycles. The fraction of sp³-hybridized carbons (Fsp3) is 0.273. The molecule has 15 heavy (non-hydrogen) atoms. The smallest absolute Gasteiger partial charge is 0.148 e. The van der Waals surface area contributed by atoms with Crippen LogP contribution in [0.25, 0.3) is 11.0 Å². The van der Waals surface area contributed by atoms with E-state index in [0.29, 0.717) is 6.54 Å². The van der Waals surface area contributed by atoms with Crippen LogP contribution in [-0.4, -0.2) is 13.7 Å². The number of nitrogens with two attached hydrogens (primary N) is 1. The first-order chi connectivity index (χ1) is 7.27. The molecule has 80 valence electrons. The number of ether oxygens (including phenoxy) is 1. The van der Waals surface area contributed by atoms with E-state index in [1.54, 1.807) is 13.4 Å². The van der Waals surface area contributed by atoms with Gasteiger partial charge in [0.05, 0.1) is 17.8 Å². The van der Waals surface area contributed by atoms with Crippen molar-refractivity contribution < 1.29 is 9.15 Å². The SMILES string of the molecule is COc1cc(Br)c2occc2c1CCN. The Morgan fingerprint density at radius 3 is 3.00 bits per heavy atom. The van der Waals surface area contributed by atoms with Gasteiger partial charge in [0.1, 0.15) is 11.3 Å². The van der Waals surface area contributed by atoms with E-state index in [4.69, 9.17) is 14.9 Å². The van der Waals surface area contributed by atoms with E-state index in [9.17, 15) is 0 Å². The van der Waals surface area contributed by atoms with Gasteiger partial charge in [0.15, 0.2) is 0 Å². The van der Waals surface area contributed by atoms with Gasteiger partial charge >= 0.3 is 0 Å². The van der Waals surface area contributed by atoms with Crippen molar-refractivity contribution in [1.29, 1.82) is 0 Å². The number of halogens is 1. The molecule has 0 unspecified atom stereocenters. The molecule has 0 saturated carbocycles. The summed E-state index contributed by atoms with van der Waals surface area (Å²) in [6.07, 6.45) is 2.46. The van der Waals surface area contributed by atoms with Gasteiger partial charge < -0.3 is 14.9 Å². The van der Waals surface area contributed by atoms with E-state index in [1.165, 1.54) is 0 Å². The van der Waals surface area contributed by atoms with Crippen LogP contribution in [0.4, 0.5) is 0 Å². The zero-order valence-electron chi connectivity index (χ0n) is 8.42. The summed E-state index contributed by atoms with van der Waals surface area (Å²) in [4.78, 5) is 0. The molecule has 0 amide bonds. The minimum Gasteiger partial charge on any atom is -0.496 e. The predicted molar refractivity (Wildman–Crippen MR) is 63.2 cm³/mol. The Hall–Kier alpha value is -1.00. The van der Waals surface area contributed by atoms with Gasteiger partial charge in [-0.15, -0.1) is 0 Å². The fourth-order valence-electron chi connectivity index (χ4n) is 1.72. The molecule has 0 fully saturated rings. The lowest BCUT2D eigenvalue weighted by Crippen LogP contribution is -2.04. The summed E-state index contributed by atoms with van der Waals surface area (Å²) in [6.45, 7) is 0.596. The van der Waals surface area contributed by atoms with Crippen molar-refractivity contribution in [2.75, 3.05) is 13.7 Å². The van der Waals surface area contributed by atoms with E-state index >= 15 is 0 Å². The molecule has 0 aliphatic carbocycles. The second-order valence-electron chi connectivity index (χ2n) is 3.24. The lowest BCUT2D eigenvalue weighted by molar-refractivity contribution is 0.410. The molecule has 0 bridgehead atoms. The Labute approximate surface area is 96.3 Å². The first-order valence-electron chi connectivity index (χ1n) is 4.70. The summed E-state index contributed by atoms with van der Waals surface area (Å²) >= 11 is 3.45. The lowest BCUT2D eigenvalue weighted by atomic mass is 10.1. The first-order valence-corrected chi connectivity index (χ1v) is 5.50. The number of fused-ring (bicyclic) bond motifs is 1. The van der Waals surface area contributed by atoms with Crippen molar-refractivity contribution in [1.82, 2.24) is 0 Å². The van der Waals surface area contributed by atoms with Crippen molar-refractivity contribution in [2.24, 2.45) is 5.73 Å². The van der Waals surface area contributed by atoms with Crippen LogP contribution in [-0.2, 0) is 6.42 Å². The second kappa shape index (κ2) is 4.24. The maximum absolute atomic E-state index is 5.58. The second-order valence-corrected chi connectivity index (χ2v) is 4.10. The van der Waals surface area contributed by atoms with Gasteiger partial charge in [0.2, 0.25) is 0 Å². The number of hydrogen-bond acceptors (Lipinski definition) is 3. The average Bonchev–Trinajstić information content (AvgIpc) is 2.71. The third-order valence-corrected chi connectivity index (χ3v) is 2.97. The molecule has 0 aliphatic rings. The number of hydrogen-bond donors (Lipinski definition) is 1. The van der Waals surface area contributed by atoms with Crippen LogP contribution in [0.15, 0.2) is 27.3 Å². The van der Waals surface area contributed by atoms with Gasteiger partial charge in [-0.05, 0) is 41.0 Å². The minimum atomic E-state index is 0.596. The Kier molecular flexibility index (Phi) is 2.98. The van der Waals surface area contributed by atoms with Gasteiger partial charge in [-0.25, -0.2) is 0 Å². The molecular weight excluding hydrogens is 258 g/mol. The zero-order chi connectivity index (χ0) is 10.8. The van der Waals surface area contributed by atoms with Crippen LogP contribution < -0.4 is 10.5 Å². The van der Waals surface area contributed by atoms with Crippen LogP contribution in [0.2, 0.25) is 0 Å². The highest BCUT2D eigenvalue weighted by Gasteiger charge is 2.13. The van der Waals surface area contributed by atoms with E-state index in [1.807, 2.05) is 12.1 Å². The summed E-state index contributed by atoms with van der Waals surface area (Å²) in [5.74, 6) is 0.848. The molecular formula is C11H12BrNO2. The van der Waals surface area contributed by atoms with Crippen molar-refractivity contribution in [3.63, 3.8) is 0 Å². The minimum absolute atomic E-state index is 0.596. The summed E-state index contributed by atoms with van der Waals surface area (Å²) in [7, 11) is 1.66. The van der Waals surface area contributed by atoms with Crippen LogP contribution in [0.1, 0.15) is 5.56 Å². The highest BCUT2D eigenvalue weighted by Crippen LogP contribution is 2.35. The molecule has 3 nitrogen and oxygen atoms in total. The first kappa shape index (κ1) is 10.5. The van der Waals surface area contributed by atoms with Crippen LogP contribution in [0.3, 0.4) is 0 Å². The highest BCUT2D eigenvalue weighted by molar-refractivity contribution is 9.10. The molecule has 1 heterocycles. The molecule has 0 aliphatic heterocycles. The molecule has 0 spiro atoms. The van der Waals surface area contributed by atoms with Gasteiger partial charge in [0, 0.05) is 10.9 Å². The fourth-order valence-corrected chi connectivity index (χ4v) is 2.23. The molecule has 0 atom stereocenters. The number of methoxy groups -OCH3 is 1. The number of rotatable bonds is 3.